The number of nitrogens with one attached hydrogen (secondary N) is 2. The summed E-state index contributed by atoms with van der Waals surface area (Å²) < 4.78 is 29.6. The predicted molar refractivity (Wildman–Crippen MR) is 71.0 cm³/mol. The average molecular weight is 307 g/mol. The molecule has 2 saturated heterocycles. The fraction of sp³-hybridized carbons (Fsp3) is 0.909. The van der Waals surface area contributed by atoms with E-state index in [1.54, 1.807) is 0 Å². The van der Waals surface area contributed by atoms with Crippen molar-refractivity contribution in [2.45, 2.75) is 31.6 Å². The highest BCUT2D eigenvalue weighted by Gasteiger charge is 2.30. The SMILES string of the molecule is CS(=O)(=O)N1CCN[C@@H](C(=O)NOC2CCCCO2)C1. The van der Waals surface area contributed by atoms with Gasteiger partial charge >= 0.3 is 0 Å². The van der Waals surface area contributed by atoms with Gasteiger partial charge in [-0.25, -0.2) is 18.7 Å². The summed E-state index contributed by atoms with van der Waals surface area (Å²) in [7, 11) is -3.28. The van der Waals surface area contributed by atoms with E-state index in [-0.39, 0.29) is 12.5 Å². The molecule has 0 spiro atoms. The average Bonchev–Trinajstić information content (AvgIpc) is 2.45. The summed E-state index contributed by atoms with van der Waals surface area (Å²) in [4.78, 5) is 17.1. The van der Waals surface area contributed by atoms with Gasteiger partial charge in [0, 0.05) is 32.7 Å². The van der Waals surface area contributed by atoms with Gasteiger partial charge in [-0.15, -0.1) is 0 Å². The molecule has 0 saturated carbocycles. The number of hydroxylamine groups is 1. The fourth-order valence-electron chi connectivity index (χ4n) is 2.20. The first-order valence-corrected chi connectivity index (χ1v) is 8.57. The predicted octanol–water partition coefficient (Wildman–Crippen LogP) is -1.21. The van der Waals surface area contributed by atoms with E-state index in [4.69, 9.17) is 9.57 Å². The third kappa shape index (κ3) is 4.38. The van der Waals surface area contributed by atoms with E-state index in [2.05, 4.69) is 10.8 Å². The third-order valence-corrected chi connectivity index (χ3v) is 4.62. The number of carbonyl (C=O) groups excluding carboxylic acids is 1. The van der Waals surface area contributed by atoms with Crippen molar-refractivity contribution in [1.82, 2.24) is 15.1 Å². The van der Waals surface area contributed by atoms with E-state index in [0.29, 0.717) is 19.7 Å². The highest BCUT2D eigenvalue weighted by Crippen LogP contribution is 2.12. The lowest BCUT2D eigenvalue weighted by molar-refractivity contribution is -0.201. The Hall–Kier alpha value is -0.740. The Balaban J connectivity index is 1.79. The second-order valence-corrected chi connectivity index (χ2v) is 6.99. The molecule has 0 aromatic heterocycles. The second kappa shape index (κ2) is 6.81. The number of rotatable bonds is 4. The lowest BCUT2D eigenvalue weighted by atomic mass is 10.2. The zero-order chi connectivity index (χ0) is 14.6. The van der Waals surface area contributed by atoms with Crippen LogP contribution in [0.2, 0.25) is 0 Å². The number of amides is 1. The molecule has 0 aliphatic carbocycles. The van der Waals surface area contributed by atoms with Crippen LogP contribution in [0.5, 0.6) is 0 Å². The molecule has 1 amide bonds. The topological polar surface area (TPSA) is 97.0 Å². The second-order valence-electron chi connectivity index (χ2n) is 5.01. The molecule has 2 rings (SSSR count). The van der Waals surface area contributed by atoms with Crippen molar-refractivity contribution in [1.29, 1.82) is 0 Å². The zero-order valence-electron chi connectivity index (χ0n) is 11.5. The van der Waals surface area contributed by atoms with Crippen molar-refractivity contribution in [3.8, 4) is 0 Å². The Morgan fingerprint density at radius 3 is 2.90 bits per heavy atom. The summed E-state index contributed by atoms with van der Waals surface area (Å²) in [5, 5.41) is 2.97. The standard InChI is InChI=1S/C11H21N3O5S/c1-20(16,17)14-6-5-12-9(8-14)11(15)13-19-10-4-2-3-7-18-10/h9-10,12H,2-8H2,1H3,(H,13,15)/t9-,10?/m1/s1. The number of sulfonamides is 1. The van der Waals surface area contributed by atoms with Crippen LogP contribution in [0.3, 0.4) is 0 Å². The van der Waals surface area contributed by atoms with Crippen molar-refractivity contribution in [3.63, 3.8) is 0 Å². The minimum Gasteiger partial charge on any atom is -0.350 e. The summed E-state index contributed by atoms with van der Waals surface area (Å²) in [6, 6.07) is -0.609. The van der Waals surface area contributed by atoms with Gasteiger partial charge < -0.3 is 10.1 Å². The third-order valence-electron chi connectivity index (χ3n) is 3.35. The number of piperazine rings is 1. The summed E-state index contributed by atoms with van der Waals surface area (Å²) in [6.07, 6.45) is 3.47. The molecule has 1 unspecified atom stereocenters. The highest BCUT2D eigenvalue weighted by molar-refractivity contribution is 7.88. The van der Waals surface area contributed by atoms with Gasteiger partial charge in [-0.3, -0.25) is 4.79 Å². The van der Waals surface area contributed by atoms with Gasteiger partial charge in [-0.1, -0.05) is 0 Å². The van der Waals surface area contributed by atoms with E-state index in [0.717, 1.165) is 25.5 Å². The van der Waals surface area contributed by atoms with Crippen LogP contribution in [0, 0.1) is 0 Å². The number of nitrogens with zero attached hydrogens (tertiary/aromatic N) is 1. The van der Waals surface area contributed by atoms with Crippen LogP contribution < -0.4 is 10.8 Å². The molecule has 20 heavy (non-hydrogen) atoms. The first-order chi connectivity index (χ1) is 9.47. The normalized spacial score (nSPS) is 29.1. The Morgan fingerprint density at radius 2 is 2.25 bits per heavy atom. The first-order valence-electron chi connectivity index (χ1n) is 6.72. The Bertz CT molecular complexity index is 435. The van der Waals surface area contributed by atoms with Crippen molar-refractivity contribution < 1.29 is 22.8 Å². The monoisotopic (exact) mass is 307 g/mol. The molecular formula is C11H21N3O5S. The maximum Gasteiger partial charge on any atom is 0.262 e. The largest absolute Gasteiger partial charge is 0.350 e. The lowest BCUT2D eigenvalue weighted by Gasteiger charge is -2.31. The van der Waals surface area contributed by atoms with E-state index in [1.165, 1.54) is 4.31 Å². The van der Waals surface area contributed by atoms with Gasteiger partial charge in [0.2, 0.25) is 10.0 Å². The van der Waals surface area contributed by atoms with Gasteiger partial charge in [-0.05, 0) is 12.8 Å². The molecule has 9 heteroatoms. The van der Waals surface area contributed by atoms with Crippen LogP contribution in [0.15, 0.2) is 0 Å². The first kappa shape index (κ1) is 15.6. The summed E-state index contributed by atoms with van der Waals surface area (Å²) in [6.45, 7) is 1.55. The van der Waals surface area contributed by atoms with E-state index >= 15 is 0 Å². The number of hydrogen-bond acceptors (Lipinski definition) is 6. The van der Waals surface area contributed by atoms with Crippen molar-refractivity contribution in [2.75, 3.05) is 32.5 Å². The van der Waals surface area contributed by atoms with Crippen LogP contribution in [0.1, 0.15) is 19.3 Å². The molecule has 2 fully saturated rings. The summed E-state index contributed by atoms with van der Waals surface area (Å²) in [5.41, 5.74) is 2.35. The zero-order valence-corrected chi connectivity index (χ0v) is 12.3. The molecule has 116 valence electrons. The van der Waals surface area contributed by atoms with Crippen LogP contribution in [0.25, 0.3) is 0 Å². The van der Waals surface area contributed by atoms with E-state index < -0.39 is 22.4 Å². The smallest absolute Gasteiger partial charge is 0.262 e. The molecular weight excluding hydrogens is 286 g/mol. The molecule has 0 aromatic carbocycles. The van der Waals surface area contributed by atoms with E-state index in [9.17, 15) is 13.2 Å². The molecule has 2 aliphatic heterocycles. The number of hydrogen-bond donors (Lipinski definition) is 2. The molecule has 2 N–H and O–H groups in total. The highest BCUT2D eigenvalue weighted by atomic mass is 32.2. The van der Waals surface area contributed by atoms with Crippen molar-refractivity contribution in [2.24, 2.45) is 0 Å². The minimum absolute atomic E-state index is 0.111. The molecule has 8 nitrogen and oxygen atoms in total. The minimum atomic E-state index is -3.28. The molecule has 0 radical (unpaired) electrons. The fourth-order valence-corrected chi connectivity index (χ4v) is 3.04. The van der Waals surface area contributed by atoms with Crippen molar-refractivity contribution in [3.05, 3.63) is 0 Å². The van der Waals surface area contributed by atoms with Crippen LogP contribution >= 0.6 is 0 Å². The quantitative estimate of drug-likeness (QED) is 0.633. The van der Waals surface area contributed by atoms with Crippen molar-refractivity contribution >= 4 is 15.9 Å². The maximum absolute atomic E-state index is 11.9. The van der Waals surface area contributed by atoms with Gasteiger partial charge in [0.15, 0.2) is 6.29 Å². The van der Waals surface area contributed by atoms with Crippen LogP contribution in [0.4, 0.5) is 0 Å². The molecule has 0 aromatic rings. The lowest BCUT2D eigenvalue weighted by Crippen LogP contribution is -2.58. The van der Waals surface area contributed by atoms with Crippen LogP contribution in [-0.4, -0.2) is 63.5 Å². The molecule has 2 atom stereocenters. The Labute approximate surface area is 118 Å². The van der Waals surface area contributed by atoms with E-state index in [1.807, 2.05) is 0 Å². The maximum atomic E-state index is 11.9. The van der Waals surface area contributed by atoms with Gasteiger partial charge in [0.05, 0.1) is 6.26 Å². The number of carbonyl (C=O) groups is 1. The van der Waals surface area contributed by atoms with Crippen LogP contribution in [-0.2, 0) is 24.4 Å². The van der Waals surface area contributed by atoms with Gasteiger partial charge in [0.25, 0.3) is 5.91 Å². The Morgan fingerprint density at radius 1 is 1.45 bits per heavy atom. The number of ether oxygens (including phenoxy) is 1. The molecule has 2 aliphatic rings. The Kier molecular flexibility index (Phi) is 5.33. The molecule has 0 bridgehead atoms. The summed E-state index contributed by atoms with van der Waals surface area (Å²) in [5.74, 6) is -0.382. The van der Waals surface area contributed by atoms with Gasteiger partial charge in [0.1, 0.15) is 6.04 Å². The van der Waals surface area contributed by atoms with Gasteiger partial charge in [-0.2, -0.15) is 4.31 Å². The summed E-state index contributed by atoms with van der Waals surface area (Å²) >= 11 is 0. The molecule has 2 heterocycles.